The minimum atomic E-state index is 0.276. The lowest BCUT2D eigenvalue weighted by Crippen LogP contribution is -2.47. The molecule has 0 aromatic carbocycles. The number of ether oxygens (including phenoxy) is 1. The number of nitrogens with zero attached hydrogens (tertiary/aromatic N) is 5. The summed E-state index contributed by atoms with van der Waals surface area (Å²) in [6.45, 7) is 5.62. The fourth-order valence-electron chi connectivity index (χ4n) is 3.05. The van der Waals surface area contributed by atoms with Crippen molar-refractivity contribution in [2.24, 2.45) is 0 Å². The van der Waals surface area contributed by atoms with Gasteiger partial charge in [0.25, 0.3) is 0 Å². The molecule has 106 valence electrons. The molecule has 6 nitrogen and oxygen atoms in total. The molecule has 2 aliphatic heterocycles. The summed E-state index contributed by atoms with van der Waals surface area (Å²) in [4.78, 5) is 7.00. The highest BCUT2D eigenvalue weighted by Crippen LogP contribution is 2.30. The third kappa shape index (κ3) is 2.15. The maximum atomic E-state index is 5.93. The van der Waals surface area contributed by atoms with Crippen molar-refractivity contribution in [1.29, 1.82) is 0 Å². The Labute approximate surface area is 121 Å². The van der Waals surface area contributed by atoms with E-state index in [9.17, 15) is 0 Å². The summed E-state index contributed by atoms with van der Waals surface area (Å²) in [5.74, 6) is 0. The maximum Gasteiger partial charge on any atom is 0.107 e. The van der Waals surface area contributed by atoms with Gasteiger partial charge in [0, 0.05) is 24.2 Å². The second-order valence-corrected chi connectivity index (χ2v) is 6.44. The predicted molar refractivity (Wildman–Crippen MR) is 74.4 cm³/mol. The van der Waals surface area contributed by atoms with Crippen LogP contribution in [-0.4, -0.2) is 44.1 Å². The number of fused-ring (bicyclic) bond motifs is 3. The number of aryl methyl sites for hydroxylation is 1. The van der Waals surface area contributed by atoms with Crippen molar-refractivity contribution in [3.05, 3.63) is 28.0 Å². The number of hydrogen-bond acceptors (Lipinski definition) is 6. The van der Waals surface area contributed by atoms with Gasteiger partial charge in [-0.1, -0.05) is 5.21 Å². The first kappa shape index (κ1) is 12.4. The lowest BCUT2D eigenvalue weighted by molar-refractivity contribution is -0.0669. The molecular weight excluding hydrogens is 274 g/mol. The Balaban J connectivity index is 1.51. The van der Waals surface area contributed by atoms with Crippen LogP contribution in [0.3, 0.4) is 0 Å². The first-order chi connectivity index (χ1) is 9.79. The SMILES string of the molecule is Cc1csc(CN2CC[C@H]3OCc4cnnn4[C@@H]3C2)n1. The van der Waals surface area contributed by atoms with E-state index >= 15 is 0 Å². The van der Waals surface area contributed by atoms with Crippen molar-refractivity contribution in [3.8, 4) is 0 Å². The molecule has 4 heterocycles. The quantitative estimate of drug-likeness (QED) is 0.837. The summed E-state index contributed by atoms with van der Waals surface area (Å²) >= 11 is 1.74. The van der Waals surface area contributed by atoms with Gasteiger partial charge in [-0.15, -0.1) is 16.4 Å². The molecule has 2 aliphatic rings. The van der Waals surface area contributed by atoms with Gasteiger partial charge in [0.15, 0.2) is 0 Å². The standard InChI is InChI=1S/C13H17N5OS/c1-9-8-20-13(15-9)6-17-3-2-12-11(5-17)18-10(7-19-12)4-14-16-18/h4,8,11-12H,2-3,5-7H2,1H3/t11-,12-/m1/s1. The molecule has 0 spiro atoms. The molecule has 2 atom stereocenters. The van der Waals surface area contributed by atoms with Crippen LogP contribution in [0.5, 0.6) is 0 Å². The summed E-state index contributed by atoms with van der Waals surface area (Å²) in [5, 5.41) is 11.5. The molecule has 0 aliphatic carbocycles. The normalized spacial score (nSPS) is 26.2. The van der Waals surface area contributed by atoms with Crippen molar-refractivity contribution in [2.45, 2.75) is 38.6 Å². The molecule has 1 saturated heterocycles. The minimum Gasteiger partial charge on any atom is -0.370 e. The number of hydrogen-bond donors (Lipinski definition) is 0. The molecule has 1 fully saturated rings. The Morgan fingerprint density at radius 3 is 3.30 bits per heavy atom. The zero-order valence-electron chi connectivity index (χ0n) is 11.4. The summed E-state index contributed by atoms with van der Waals surface area (Å²) in [6, 6.07) is 0.288. The van der Waals surface area contributed by atoms with Crippen molar-refractivity contribution < 1.29 is 4.74 Å². The Morgan fingerprint density at radius 1 is 1.50 bits per heavy atom. The summed E-state index contributed by atoms with van der Waals surface area (Å²) < 4.78 is 7.98. The number of aromatic nitrogens is 4. The highest BCUT2D eigenvalue weighted by Gasteiger charge is 2.36. The predicted octanol–water partition coefficient (Wildman–Crippen LogP) is 1.39. The molecule has 0 amide bonds. The summed E-state index contributed by atoms with van der Waals surface area (Å²) in [5.41, 5.74) is 2.19. The topological polar surface area (TPSA) is 56.1 Å². The van der Waals surface area contributed by atoms with E-state index in [1.807, 2.05) is 11.6 Å². The van der Waals surface area contributed by atoms with Crippen LogP contribution < -0.4 is 0 Å². The van der Waals surface area contributed by atoms with Crippen LogP contribution in [0.15, 0.2) is 11.6 Å². The first-order valence-corrected chi connectivity index (χ1v) is 7.81. The number of thiazole rings is 1. The van der Waals surface area contributed by atoms with E-state index in [2.05, 4.69) is 25.6 Å². The molecule has 0 saturated carbocycles. The van der Waals surface area contributed by atoms with Gasteiger partial charge < -0.3 is 4.74 Å². The van der Waals surface area contributed by atoms with Crippen molar-refractivity contribution in [2.75, 3.05) is 13.1 Å². The molecular formula is C13H17N5OS. The second kappa shape index (κ2) is 4.91. The number of likely N-dealkylation sites (tertiary alicyclic amines) is 1. The number of piperidine rings is 1. The second-order valence-electron chi connectivity index (χ2n) is 5.49. The zero-order valence-corrected chi connectivity index (χ0v) is 12.2. The van der Waals surface area contributed by atoms with Crippen LogP contribution in [0.2, 0.25) is 0 Å². The Bertz CT molecular complexity index is 609. The molecule has 4 rings (SSSR count). The molecule has 0 radical (unpaired) electrons. The van der Waals surface area contributed by atoms with Gasteiger partial charge in [-0.25, -0.2) is 9.67 Å². The van der Waals surface area contributed by atoms with Gasteiger partial charge >= 0.3 is 0 Å². The van der Waals surface area contributed by atoms with Gasteiger partial charge in [0.2, 0.25) is 0 Å². The number of rotatable bonds is 2. The fourth-order valence-corrected chi connectivity index (χ4v) is 3.87. The molecule has 0 bridgehead atoms. The van der Waals surface area contributed by atoms with Gasteiger partial charge in [-0.2, -0.15) is 0 Å². The fraction of sp³-hybridized carbons (Fsp3) is 0.615. The highest BCUT2D eigenvalue weighted by atomic mass is 32.1. The molecule has 2 aromatic rings. The molecule has 2 aromatic heterocycles. The van der Waals surface area contributed by atoms with E-state index in [-0.39, 0.29) is 12.1 Å². The minimum absolute atomic E-state index is 0.276. The van der Waals surface area contributed by atoms with E-state index in [0.29, 0.717) is 6.61 Å². The molecule has 7 heteroatoms. The maximum absolute atomic E-state index is 5.93. The van der Waals surface area contributed by atoms with Crippen LogP contribution in [0, 0.1) is 6.92 Å². The molecule has 20 heavy (non-hydrogen) atoms. The van der Waals surface area contributed by atoms with Crippen molar-refractivity contribution in [3.63, 3.8) is 0 Å². The Morgan fingerprint density at radius 2 is 2.45 bits per heavy atom. The van der Waals surface area contributed by atoms with Crippen LogP contribution in [0.1, 0.15) is 28.9 Å². The third-order valence-corrected chi connectivity index (χ3v) is 4.99. The van der Waals surface area contributed by atoms with E-state index in [4.69, 9.17) is 4.74 Å². The van der Waals surface area contributed by atoms with Gasteiger partial charge in [-0.3, -0.25) is 4.90 Å². The zero-order chi connectivity index (χ0) is 13.5. The van der Waals surface area contributed by atoms with Crippen LogP contribution in [-0.2, 0) is 17.9 Å². The monoisotopic (exact) mass is 291 g/mol. The largest absolute Gasteiger partial charge is 0.370 e. The highest BCUT2D eigenvalue weighted by molar-refractivity contribution is 7.09. The Kier molecular flexibility index (Phi) is 3.05. The summed E-state index contributed by atoms with van der Waals surface area (Å²) in [6.07, 6.45) is 3.13. The third-order valence-electron chi connectivity index (χ3n) is 4.04. The first-order valence-electron chi connectivity index (χ1n) is 6.93. The van der Waals surface area contributed by atoms with Crippen molar-refractivity contribution >= 4 is 11.3 Å². The van der Waals surface area contributed by atoms with E-state index in [0.717, 1.165) is 37.4 Å². The molecule has 0 unspecified atom stereocenters. The van der Waals surface area contributed by atoms with E-state index in [1.165, 1.54) is 5.01 Å². The lowest BCUT2D eigenvalue weighted by atomic mass is 10.0. The average Bonchev–Trinajstić information content (AvgIpc) is 3.07. The van der Waals surface area contributed by atoms with E-state index in [1.54, 1.807) is 17.5 Å². The van der Waals surface area contributed by atoms with Gasteiger partial charge in [0.1, 0.15) is 5.01 Å². The van der Waals surface area contributed by atoms with Gasteiger partial charge in [0.05, 0.1) is 37.2 Å². The van der Waals surface area contributed by atoms with Crippen molar-refractivity contribution in [1.82, 2.24) is 24.9 Å². The molecule has 0 N–H and O–H groups in total. The average molecular weight is 291 g/mol. The van der Waals surface area contributed by atoms with Crippen LogP contribution >= 0.6 is 11.3 Å². The lowest BCUT2D eigenvalue weighted by Gasteiger charge is -2.40. The smallest absolute Gasteiger partial charge is 0.107 e. The summed E-state index contributed by atoms with van der Waals surface area (Å²) in [7, 11) is 0. The van der Waals surface area contributed by atoms with Crippen LogP contribution in [0.4, 0.5) is 0 Å². The van der Waals surface area contributed by atoms with Crippen LogP contribution in [0.25, 0.3) is 0 Å². The van der Waals surface area contributed by atoms with Gasteiger partial charge in [-0.05, 0) is 13.3 Å². The Hall–Kier alpha value is -1.31. The van der Waals surface area contributed by atoms with E-state index < -0.39 is 0 Å².